The molecule has 0 heterocycles. The van der Waals surface area contributed by atoms with Crippen molar-refractivity contribution < 1.29 is 4.79 Å². The molecule has 0 saturated carbocycles. The highest BCUT2D eigenvalue weighted by Crippen LogP contribution is 2.10. The van der Waals surface area contributed by atoms with Crippen LogP contribution in [0.25, 0.3) is 6.08 Å². The zero-order chi connectivity index (χ0) is 15.1. The van der Waals surface area contributed by atoms with E-state index in [2.05, 4.69) is 11.2 Å². The fraction of sp³-hybridized carbons (Fsp3) is 0. The van der Waals surface area contributed by atoms with Crippen LogP contribution >= 0.6 is 0 Å². The van der Waals surface area contributed by atoms with Crippen molar-refractivity contribution in [3.63, 3.8) is 0 Å². The summed E-state index contributed by atoms with van der Waals surface area (Å²) in [6, 6.07) is 16.1. The molecule has 0 radical (unpaired) electrons. The van der Waals surface area contributed by atoms with Gasteiger partial charge in [-0.15, -0.1) is 6.42 Å². The molecule has 3 nitrogen and oxygen atoms in total. The summed E-state index contributed by atoms with van der Waals surface area (Å²) in [5, 5.41) is 11.4. The predicted octanol–water partition coefficient (Wildman–Crippen LogP) is 3.19. The molecule has 3 heteroatoms. The average molecular weight is 272 g/mol. The lowest BCUT2D eigenvalue weighted by molar-refractivity contribution is -0.111. The van der Waals surface area contributed by atoms with Gasteiger partial charge in [-0.2, -0.15) is 5.26 Å². The number of carbonyl (C=O) groups excluding carboxylic acids is 1. The van der Waals surface area contributed by atoms with Gasteiger partial charge in [0.05, 0.1) is 11.6 Å². The van der Waals surface area contributed by atoms with Crippen molar-refractivity contribution in [2.24, 2.45) is 0 Å². The molecule has 0 saturated heterocycles. The van der Waals surface area contributed by atoms with Crippen molar-refractivity contribution in [2.75, 3.05) is 5.32 Å². The van der Waals surface area contributed by atoms with Gasteiger partial charge in [0.1, 0.15) is 0 Å². The van der Waals surface area contributed by atoms with Crippen LogP contribution in [0.5, 0.6) is 0 Å². The molecule has 0 aromatic heterocycles. The van der Waals surface area contributed by atoms with E-state index in [1.807, 2.05) is 6.07 Å². The van der Waals surface area contributed by atoms with E-state index in [1.54, 1.807) is 54.6 Å². The van der Waals surface area contributed by atoms with Crippen LogP contribution in [0.2, 0.25) is 0 Å². The lowest BCUT2D eigenvalue weighted by Gasteiger charge is -2.02. The van der Waals surface area contributed by atoms with Crippen LogP contribution in [-0.2, 0) is 4.79 Å². The smallest absolute Gasteiger partial charge is 0.248 e. The number of hydrogen-bond acceptors (Lipinski definition) is 2. The first-order valence-electron chi connectivity index (χ1n) is 6.27. The Hall–Kier alpha value is -3.30. The number of nitrogens with one attached hydrogen (secondary N) is 1. The predicted molar refractivity (Wildman–Crippen MR) is 83.2 cm³/mol. The Morgan fingerprint density at radius 2 is 1.90 bits per heavy atom. The Bertz CT molecular complexity index is 759. The highest BCUT2D eigenvalue weighted by Gasteiger charge is 1.98. The molecule has 0 aliphatic rings. The van der Waals surface area contributed by atoms with Gasteiger partial charge in [0, 0.05) is 17.3 Å². The Morgan fingerprint density at radius 3 is 2.57 bits per heavy atom. The first-order valence-corrected chi connectivity index (χ1v) is 6.27. The van der Waals surface area contributed by atoms with Gasteiger partial charge in [0.2, 0.25) is 5.91 Å². The molecule has 0 spiro atoms. The van der Waals surface area contributed by atoms with Crippen LogP contribution in [0.3, 0.4) is 0 Å². The van der Waals surface area contributed by atoms with Gasteiger partial charge in [-0.05, 0) is 42.0 Å². The van der Waals surface area contributed by atoms with E-state index in [0.717, 1.165) is 5.56 Å². The maximum atomic E-state index is 11.8. The van der Waals surface area contributed by atoms with Crippen molar-refractivity contribution in [1.29, 1.82) is 5.26 Å². The van der Waals surface area contributed by atoms with Gasteiger partial charge in [-0.1, -0.05) is 24.1 Å². The standard InChI is InChI=1S/C18H12N2O/c1-2-14-4-3-5-17(12-14)20-18(21)11-10-15-6-8-16(13-19)9-7-15/h1,3-12H,(H,20,21). The molecule has 0 fully saturated rings. The number of nitrogens with zero attached hydrogens (tertiary/aromatic N) is 1. The number of nitriles is 1. The monoisotopic (exact) mass is 272 g/mol. The van der Waals surface area contributed by atoms with Gasteiger partial charge in [-0.3, -0.25) is 4.79 Å². The molecule has 0 aliphatic heterocycles. The average Bonchev–Trinajstić information content (AvgIpc) is 2.53. The van der Waals surface area contributed by atoms with E-state index in [1.165, 1.54) is 6.08 Å². The van der Waals surface area contributed by atoms with Crippen molar-refractivity contribution in [1.82, 2.24) is 0 Å². The molecule has 0 bridgehead atoms. The van der Waals surface area contributed by atoms with Crippen LogP contribution in [0.1, 0.15) is 16.7 Å². The Morgan fingerprint density at radius 1 is 1.14 bits per heavy atom. The second kappa shape index (κ2) is 6.75. The molecule has 2 rings (SSSR count). The topological polar surface area (TPSA) is 52.9 Å². The van der Waals surface area contributed by atoms with Crippen LogP contribution in [0, 0.1) is 23.7 Å². The molecule has 0 unspecified atom stereocenters. The lowest BCUT2D eigenvalue weighted by atomic mass is 10.1. The molecule has 2 aromatic carbocycles. The Balaban J connectivity index is 2.02. The fourth-order valence-electron chi connectivity index (χ4n) is 1.71. The Labute approximate surface area is 123 Å². The number of rotatable bonds is 3. The molecule has 1 amide bonds. The van der Waals surface area contributed by atoms with Crippen LogP contribution in [-0.4, -0.2) is 5.91 Å². The second-order valence-electron chi connectivity index (χ2n) is 4.28. The quantitative estimate of drug-likeness (QED) is 0.689. The number of amides is 1. The summed E-state index contributed by atoms with van der Waals surface area (Å²) in [4.78, 5) is 11.8. The van der Waals surface area contributed by atoms with E-state index in [4.69, 9.17) is 11.7 Å². The summed E-state index contributed by atoms with van der Waals surface area (Å²) in [6.45, 7) is 0. The normalized spacial score (nSPS) is 9.81. The Kier molecular flexibility index (Phi) is 4.54. The summed E-state index contributed by atoms with van der Waals surface area (Å²) >= 11 is 0. The molecular weight excluding hydrogens is 260 g/mol. The number of carbonyl (C=O) groups is 1. The summed E-state index contributed by atoms with van der Waals surface area (Å²) in [6.07, 6.45) is 8.42. The van der Waals surface area contributed by atoms with E-state index in [0.29, 0.717) is 16.8 Å². The van der Waals surface area contributed by atoms with E-state index in [-0.39, 0.29) is 5.91 Å². The molecule has 0 aliphatic carbocycles. The SMILES string of the molecule is C#Cc1cccc(NC(=O)C=Cc2ccc(C#N)cc2)c1. The lowest BCUT2D eigenvalue weighted by Crippen LogP contribution is -2.07. The van der Waals surface area contributed by atoms with Crippen LogP contribution in [0.15, 0.2) is 54.6 Å². The molecule has 21 heavy (non-hydrogen) atoms. The number of anilines is 1. The van der Waals surface area contributed by atoms with Crippen molar-refractivity contribution >= 4 is 17.7 Å². The van der Waals surface area contributed by atoms with Crippen molar-refractivity contribution in [3.05, 3.63) is 71.3 Å². The van der Waals surface area contributed by atoms with Gasteiger partial charge < -0.3 is 5.32 Å². The maximum absolute atomic E-state index is 11.8. The minimum Gasteiger partial charge on any atom is -0.322 e. The van der Waals surface area contributed by atoms with Gasteiger partial charge in [-0.25, -0.2) is 0 Å². The summed E-state index contributed by atoms with van der Waals surface area (Å²) in [7, 11) is 0. The minimum absolute atomic E-state index is 0.242. The largest absolute Gasteiger partial charge is 0.322 e. The van der Waals surface area contributed by atoms with E-state index >= 15 is 0 Å². The summed E-state index contributed by atoms with van der Waals surface area (Å²) < 4.78 is 0. The third-order valence-corrected chi connectivity index (χ3v) is 2.76. The zero-order valence-corrected chi connectivity index (χ0v) is 11.2. The third-order valence-electron chi connectivity index (χ3n) is 2.76. The second-order valence-corrected chi connectivity index (χ2v) is 4.28. The number of benzene rings is 2. The highest BCUT2D eigenvalue weighted by molar-refractivity contribution is 6.02. The van der Waals surface area contributed by atoms with Crippen LogP contribution < -0.4 is 5.32 Å². The van der Waals surface area contributed by atoms with E-state index < -0.39 is 0 Å². The number of hydrogen-bond donors (Lipinski definition) is 1. The van der Waals surface area contributed by atoms with Gasteiger partial charge in [0.25, 0.3) is 0 Å². The molecule has 2 aromatic rings. The summed E-state index contributed by atoms with van der Waals surface area (Å²) in [5.41, 5.74) is 2.80. The number of terminal acetylenes is 1. The molecule has 1 N–H and O–H groups in total. The third kappa shape index (κ3) is 4.09. The molecule has 0 atom stereocenters. The van der Waals surface area contributed by atoms with Crippen molar-refractivity contribution in [2.45, 2.75) is 0 Å². The van der Waals surface area contributed by atoms with Crippen molar-refractivity contribution in [3.8, 4) is 18.4 Å². The maximum Gasteiger partial charge on any atom is 0.248 e. The highest BCUT2D eigenvalue weighted by atomic mass is 16.1. The van der Waals surface area contributed by atoms with Gasteiger partial charge >= 0.3 is 0 Å². The fourth-order valence-corrected chi connectivity index (χ4v) is 1.71. The molecule has 100 valence electrons. The van der Waals surface area contributed by atoms with E-state index in [9.17, 15) is 4.79 Å². The first-order chi connectivity index (χ1) is 10.2. The molecular formula is C18H12N2O. The van der Waals surface area contributed by atoms with Crippen LogP contribution in [0.4, 0.5) is 5.69 Å². The minimum atomic E-state index is -0.242. The van der Waals surface area contributed by atoms with Gasteiger partial charge in [0.15, 0.2) is 0 Å². The first kappa shape index (κ1) is 14.1. The summed E-state index contributed by atoms with van der Waals surface area (Å²) in [5.74, 6) is 2.27. The zero-order valence-electron chi connectivity index (χ0n) is 11.2.